The molecule has 0 bridgehead atoms. The number of rotatable bonds is 10. The lowest BCUT2D eigenvalue weighted by atomic mass is 10.1. The molecule has 2 amide bonds. The van der Waals surface area contributed by atoms with Gasteiger partial charge in [-0.2, -0.15) is 0 Å². The highest BCUT2D eigenvalue weighted by atomic mass is 35.5. The molecular formula is C26H25Cl4N3O4S. The van der Waals surface area contributed by atoms with Gasteiger partial charge in [-0.1, -0.05) is 70.7 Å². The van der Waals surface area contributed by atoms with Gasteiger partial charge in [-0.15, -0.1) is 0 Å². The summed E-state index contributed by atoms with van der Waals surface area (Å²) in [7, 11) is -4.21. The topological polar surface area (TPSA) is 86.8 Å². The van der Waals surface area contributed by atoms with E-state index >= 15 is 0 Å². The first-order valence-electron chi connectivity index (χ1n) is 11.5. The fourth-order valence-corrected chi connectivity index (χ4v) is 5.67. The zero-order valence-corrected chi connectivity index (χ0v) is 24.3. The van der Waals surface area contributed by atoms with Crippen molar-refractivity contribution in [1.82, 2.24) is 10.2 Å². The molecule has 0 spiro atoms. The SMILES string of the molecule is CCNC(=O)C(C)N(Cc1ccc(Cl)c(Cl)c1)C(=O)CN(c1ccc(Cl)c(Cl)c1)S(=O)(=O)c1ccccc1. The number of anilines is 1. The van der Waals surface area contributed by atoms with Gasteiger partial charge in [-0.25, -0.2) is 8.42 Å². The summed E-state index contributed by atoms with van der Waals surface area (Å²) in [5.41, 5.74) is 0.743. The number of amides is 2. The van der Waals surface area contributed by atoms with Crippen molar-refractivity contribution in [2.24, 2.45) is 0 Å². The van der Waals surface area contributed by atoms with Crippen LogP contribution < -0.4 is 9.62 Å². The molecule has 0 radical (unpaired) electrons. The van der Waals surface area contributed by atoms with E-state index in [-0.39, 0.29) is 32.2 Å². The summed E-state index contributed by atoms with van der Waals surface area (Å²) in [6.07, 6.45) is 0. The third-order valence-corrected chi connectivity index (χ3v) is 8.92. The van der Waals surface area contributed by atoms with Crippen molar-refractivity contribution in [3.05, 3.63) is 92.4 Å². The van der Waals surface area contributed by atoms with E-state index in [0.29, 0.717) is 17.1 Å². The van der Waals surface area contributed by atoms with E-state index in [9.17, 15) is 18.0 Å². The maximum atomic E-state index is 13.8. The summed E-state index contributed by atoms with van der Waals surface area (Å²) in [6, 6.07) is 15.9. The number of nitrogens with one attached hydrogen (secondary N) is 1. The Bertz CT molecular complexity index is 1420. The van der Waals surface area contributed by atoms with Crippen molar-refractivity contribution in [2.75, 3.05) is 17.4 Å². The largest absolute Gasteiger partial charge is 0.355 e. The Morgan fingerprint density at radius 2 is 1.47 bits per heavy atom. The predicted octanol–water partition coefficient (Wildman–Crippen LogP) is 6.05. The Labute approximate surface area is 242 Å². The van der Waals surface area contributed by atoms with E-state index in [0.717, 1.165) is 4.31 Å². The predicted molar refractivity (Wildman–Crippen MR) is 153 cm³/mol. The highest BCUT2D eigenvalue weighted by molar-refractivity contribution is 7.92. The molecule has 0 aliphatic carbocycles. The Balaban J connectivity index is 2.05. The van der Waals surface area contributed by atoms with Gasteiger partial charge in [0.2, 0.25) is 11.8 Å². The Morgan fingerprint density at radius 3 is 2.05 bits per heavy atom. The molecular weight excluding hydrogens is 592 g/mol. The number of carbonyl (C=O) groups is 2. The minimum Gasteiger partial charge on any atom is -0.355 e. The van der Waals surface area contributed by atoms with E-state index in [1.807, 2.05) is 0 Å². The smallest absolute Gasteiger partial charge is 0.264 e. The normalized spacial score (nSPS) is 12.1. The zero-order chi connectivity index (χ0) is 28.0. The van der Waals surface area contributed by atoms with Crippen molar-refractivity contribution in [2.45, 2.75) is 31.3 Å². The molecule has 1 atom stereocenters. The average molecular weight is 617 g/mol. The van der Waals surface area contributed by atoms with Crippen molar-refractivity contribution < 1.29 is 18.0 Å². The number of hydrogen-bond donors (Lipinski definition) is 1. The van der Waals surface area contributed by atoms with Crippen LogP contribution in [-0.4, -0.2) is 44.3 Å². The number of nitrogens with zero attached hydrogens (tertiary/aromatic N) is 2. The zero-order valence-electron chi connectivity index (χ0n) is 20.5. The molecule has 0 heterocycles. The van der Waals surface area contributed by atoms with Crippen LogP contribution in [0.15, 0.2) is 71.6 Å². The highest BCUT2D eigenvalue weighted by Gasteiger charge is 2.32. The van der Waals surface area contributed by atoms with Crippen molar-refractivity contribution in [1.29, 1.82) is 0 Å². The van der Waals surface area contributed by atoms with E-state index in [4.69, 9.17) is 46.4 Å². The van der Waals surface area contributed by atoms with Crippen LogP contribution in [-0.2, 0) is 26.2 Å². The van der Waals surface area contributed by atoms with Gasteiger partial charge in [0, 0.05) is 13.1 Å². The first kappa shape index (κ1) is 30.1. The first-order valence-corrected chi connectivity index (χ1v) is 14.4. The molecule has 12 heteroatoms. The standard InChI is InChI=1S/C26H25Cl4N3O4S/c1-3-31-26(35)17(2)32(15-18-9-11-21(27)23(29)13-18)25(34)16-33(19-10-12-22(28)24(30)14-19)38(36,37)20-7-5-4-6-8-20/h4-14,17H,3,15-16H2,1-2H3,(H,31,35). The molecule has 0 aliphatic rings. The molecule has 0 saturated carbocycles. The number of carbonyl (C=O) groups excluding carboxylic acids is 2. The van der Waals surface area contributed by atoms with Crippen LogP contribution in [0.3, 0.4) is 0 Å². The molecule has 0 aromatic heterocycles. The summed E-state index contributed by atoms with van der Waals surface area (Å²) in [5, 5.41) is 3.66. The van der Waals surface area contributed by atoms with Gasteiger partial charge < -0.3 is 10.2 Å². The number of sulfonamides is 1. The van der Waals surface area contributed by atoms with Crippen LogP contribution in [0, 0.1) is 0 Å². The molecule has 1 unspecified atom stereocenters. The van der Waals surface area contributed by atoms with Crippen LogP contribution in [0.5, 0.6) is 0 Å². The highest BCUT2D eigenvalue weighted by Crippen LogP contribution is 2.31. The molecule has 7 nitrogen and oxygen atoms in total. The summed E-state index contributed by atoms with van der Waals surface area (Å²) in [4.78, 5) is 27.8. The van der Waals surface area contributed by atoms with E-state index < -0.39 is 34.4 Å². The number of halogens is 4. The summed E-state index contributed by atoms with van der Waals surface area (Å²) >= 11 is 24.4. The van der Waals surface area contributed by atoms with Gasteiger partial charge >= 0.3 is 0 Å². The molecule has 3 aromatic carbocycles. The van der Waals surface area contributed by atoms with E-state index in [2.05, 4.69) is 5.32 Å². The molecule has 3 aromatic rings. The van der Waals surface area contributed by atoms with Crippen LogP contribution >= 0.6 is 46.4 Å². The molecule has 3 rings (SSSR count). The Hall–Kier alpha value is -2.49. The van der Waals surface area contributed by atoms with Crippen molar-refractivity contribution >= 4 is 73.9 Å². The Kier molecular flexibility index (Phi) is 10.3. The van der Waals surface area contributed by atoms with Gasteiger partial charge in [-0.05, 0) is 61.9 Å². The molecule has 0 fully saturated rings. The minimum atomic E-state index is -4.21. The lowest BCUT2D eigenvalue weighted by Gasteiger charge is -2.32. The third-order valence-electron chi connectivity index (χ3n) is 5.66. The monoisotopic (exact) mass is 615 g/mol. The van der Waals surface area contributed by atoms with Crippen LogP contribution in [0.2, 0.25) is 20.1 Å². The number of benzene rings is 3. The van der Waals surface area contributed by atoms with E-state index in [1.54, 1.807) is 50.2 Å². The number of hydrogen-bond acceptors (Lipinski definition) is 4. The van der Waals surface area contributed by atoms with Crippen LogP contribution in [0.1, 0.15) is 19.4 Å². The average Bonchev–Trinajstić information content (AvgIpc) is 2.89. The minimum absolute atomic E-state index is 0.0192. The molecule has 38 heavy (non-hydrogen) atoms. The number of likely N-dealkylation sites (N-methyl/N-ethyl adjacent to an activating group) is 1. The van der Waals surface area contributed by atoms with Crippen LogP contribution in [0.4, 0.5) is 5.69 Å². The quantitative estimate of drug-likeness (QED) is 0.300. The summed E-state index contributed by atoms with van der Waals surface area (Å²) in [5.74, 6) is -1.02. The van der Waals surface area contributed by atoms with Crippen molar-refractivity contribution in [3.63, 3.8) is 0 Å². The van der Waals surface area contributed by atoms with Gasteiger partial charge in [0.15, 0.2) is 0 Å². The maximum Gasteiger partial charge on any atom is 0.264 e. The maximum absolute atomic E-state index is 13.8. The van der Waals surface area contributed by atoms with Crippen molar-refractivity contribution in [3.8, 4) is 0 Å². The van der Waals surface area contributed by atoms with E-state index in [1.165, 1.54) is 35.2 Å². The van der Waals surface area contributed by atoms with Gasteiger partial charge in [0.05, 0.1) is 30.7 Å². The van der Waals surface area contributed by atoms with Crippen LogP contribution in [0.25, 0.3) is 0 Å². The fraction of sp³-hybridized carbons (Fsp3) is 0.231. The summed E-state index contributed by atoms with van der Waals surface area (Å²) in [6.45, 7) is 3.05. The fourth-order valence-electron chi connectivity index (χ4n) is 3.63. The molecule has 0 saturated heterocycles. The summed E-state index contributed by atoms with van der Waals surface area (Å²) < 4.78 is 28.3. The molecule has 1 N–H and O–H groups in total. The second kappa shape index (κ2) is 13.0. The van der Waals surface area contributed by atoms with Gasteiger partial charge in [0.25, 0.3) is 10.0 Å². The second-order valence-electron chi connectivity index (χ2n) is 8.26. The van der Waals surface area contributed by atoms with Gasteiger partial charge in [-0.3, -0.25) is 13.9 Å². The third kappa shape index (κ3) is 7.12. The molecule has 202 valence electrons. The first-order chi connectivity index (χ1) is 17.9. The van der Waals surface area contributed by atoms with Gasteiger partial charge in [0.1, 0.15) is 12.6 Å². The molecule has 0 aliphatic heterocycles. The second-order valence-corrected chi connectivity index (χ2v) is 11.8. The Morgan fingerprint density at radius 1 is 0.868 bits per heavy atom. The lowest BCUT2D eigenvalue weighted by molar-refractivity contribution is -0.139. The lowest BCUT2D eigenvalue weighted by Crippen LogP contribution is -2.51.